The molecule has 0 radical (unpaired) electrons. The van der Waals surface area contributed by atoms with E-state index in [9.17, 15) is 8.78 Å². The summed E-state index contributed by atoms with van der Waals surface area (Å²) in [6.45, 7) is -2.88. The lowest BCUT2D eigenvalue weighted by molar-refractivity contribution is -0.0507. The standard InChI is InChI=1S/C14H14BrF2N3O/c15-10-5-9(7-19-8-10)6-12(20-18)11-3-1-2-4-13(11)21-14(16)17/h1-5,7-8,12,14,20H,6,18H2. The molecule has 1 atom stereocenters. The number of ether oxygens (including phenoxy) is 1. The van der Waals surface area contributed by atoms with Gasteiger partial charge in [0.2, 0.25) is 0 Å². The van der Waals surface area contributed by atoms with Gasteiger partial charge >= 0.3 is 6.61 Å². The highest BCUT2D eigenvalue weighted by Crippen LogP contribution is 2.28. The summed E-state index contributed by atoms with van der Waals surface area (Å²) in [7, 11) is 0. The zero-order valence-electron chi connectivity index (χ0n) is 11.0. The van der Waals surface area contributed by atoms with E-state index < -0.39 is 6.61 Å². The van der Waals surface area contributed by atoms with Gasteiger partial charge in [-0.25, -0.2) is 0 Å². The van der Waals surface area contributed by atoms with Gasteiger partial charge in [0.1, 0.15) is 5.75 Å². The van der Waals surface area contributed by atoms with Crippen LogP contribution in [-0.2, 0) is 6.42 Å². The third kappa shape index (κ3) is 4.45. The van der Waals surface area contributed by atoms with Crippen molar-refractivity contribution >= 4 is 15.9 Å². The van der Waals surface area contributed by atoms with E-state index in [1.165, 1.54) is 6.07 Å². The molecular formula is C14H14BrF2N3O. The number of nitrogens with two attached hydrogens (primary N) is 1. The minimum Gasteiger partial charge on any atom is -0.434 e. The fourth-order valence-electron chi connectivity index (χ4n) is 2.03. The Balaban J connectivity index is 2.25. The molecule has 0 aliphatic heterocycles. The molecule has 0 fully saturated rings. The summed E-state index contributed by atoms with van der Waals surface area (Å²) in [4.78, 5) is 4.07. The van der Waals surface area contributed by atoms with Crippen LogP contribution in [0.15, 0.2) is 47.2 Å². The van der Waals surface area contributed by atoms with Gasteiger partial charge in [-0.3, -0.25) is 16.3 Å². The highest BCUT2D eigenvalue weighted by atomic mass is 79.9. The zero-order chi connectivity index (χ0) is 15.2. The number of halogens is 3. The molecule has 1 heterocycles. The summed E-state index contributed by atoms with van der Waals surface area (Å²) in [6, 6.07) is 8.11. The fourth-order valence-corrected chi connectivity index (χ4v) is 2.45. The molecule has 21 heavy (non-hydrogen) atoms. The molecule has 2 rings (SSSR count). The molecule has 7 heteroatoms. The lowest BCUT2D eigenvalue weighted by Crippen LogP contribution is -2.30. The zero-order valence-corrected chi connectivity index (χ0v) is 12.6. The van der Waals surface area contributed by atoms with Gasteiger partial charge in [-0.1, -0.05) is 18.2 Å². The Hall–Kier alpha value is -1.57. The van der Waals surface area contributed by atoms with E-state index in [1.54, 1.807) is 30.6 Å². The molecule has 4 nitrogen and oxygen atoms in total. The number of alkyl halides is 2. The first kappa shape index (κ1) is 15.8. The molecule has 1 unspecified atom stereocenters. The Morgan fingerprint density at radius 3 is 2.71 bits per heavy atom. The van der Waals surface area contributed by atoms with Crippen molar-refractivity contribution in [3.63, 3.8) is 0 Å². The Bertz CT molecular complexity index is 598. The second kappa shape index (κ2) is 7.44. The van der Waals surface area contributed by atoms with Crippen molar-refractivity contribution in [3.05, 3.63) is 58.3 Å². The molecule has 0 aliphatic rings. The number of para-hydroxylation sites is 1. The normalized spacial score (nSPS) is 12.4. The molecule has 112 valence electrons. The molecule has 1 aromatic heterocycles. The number of rotatable bonds is 6. The second-order valence-electron chi connectivity index (χ2n) is 4.35. The predicted molar refractivity (Wildman–Crippen MR) is 78.8 cm³/mol. The average molecular weight is 358 g/mol. The molecule has 3 N–H and O–H groups in total. The molecule has 0 saturated carbocycles. The number of benzene rings is 1. The highest BCUT2D eigenvalue weighted by Gasteiger charge is 2.17. The molecule has 0 spiro atoms. The van der Waals surface area contributed by atoms with Gasteiger partial charge in [0.05, 0.1) is 6.04 Å². The predicted octanol–water partition coefficient (Wildman–Crippen LogP) is 3.19. The Morgan fingerprint density at radius 2 is 2.05 bits per heavy atom. The van der Waals surface area contributed by atoms with Crippen LogP contribution in [0.1, 0.15) is 17.2 Å². The fraction of sp³-hybridized carbons (Fsp3) is 0.214. The van der Waals surface area contributed by atoms with Crippen LogP contribution in [-0.4, -0.2) is 11.6 Å². The van der Waals surface area contributed by atoms with Crippen LogP contribution in [0.25, 0.3) is 0 Å². The largest absolute Gasteiger partial charge is 0.434 e. The number of hydrogen-bond acceptors (Lipinski definition) is 4. The van der Waals surface area contributed by atoms with Crippen LogP contribution in [0, 0.1) is 0 Å². The van der Waals surface area contributed by atoms with Gasteiger partial charge < -0.3 is 4.74 Å². The van der Waals surface area contributed by atoms with Crippen molar-refractivity contribution in [2.75, 3.05) is 0 Å². The summed E-state index contributed by atoms with van der Waals surface area (Å²) < 4.78 is 30.3. The van der Waals surface area contributed by atoms with Crippen LogP contribution in [0.2, 0.25) is 0 Å². The van der Waals surface area contributed by atoms with E-state index in [-0.39, 0.29) is 11.8 Å². The molecular weight excluding hydrogens is 344 g/mol. The van der Waals surface area contributed by atoms with E-state index in [2.05, 4.69) is 31.1 Å². The molecule has 0 aliphatic carbocycles. The number of pyridine rings is 1. The SMILES string of the molecule is NNC(Cc1cncc(Br)c1)c1ccccc1OC(F)F. The van der Waals surface area contributed by atoms with Crippen LogP contribution >= 0.6 is 15.9 Å². The number of aromatic nitrogens is 1. The van der Waals surface area contributed by atoms with Crippen molar-refractivity contribution in [2.24, 2.45) is 5.84 Å². The van der Waals surface area contributed by atoms with Crippen molar-refractivity contribution < 1.29 is 13.5 Å². The number of hydrazine groups is 1. The number of hydrogen-bond donors (Lipinski definition) is 2. The van der Waals surface area contributed by atoms with Crippen LogP contribution in [0.4, 0.5) is 8.78 Å². The molecule has 0 bridgehead atoms. The van der Waals surface area contributed by atoms with Gasteiger partial charge in [-0.2, -0.15) is 8.78 Å². The quantitative estimate of drug-likeness (QED) is 0.615. The smallest absolute Gasteiger partial charge is 0.387 e. The van der Waals surface area contributed by atoms with Crippen molar-refractivity contribution in [1.82, 2.24) is 10.4 Å². The lowest BCUT2D eigenvalue weighted by Gasteiger charge is -2.19. The molecule has 0 amide bonds. The van der Waals surface area contributed by atoms with Crippen LogP contribution in [0.5, 0.6) is 5.75 Å². The van der Waals surface area contributed by atoms with E-state index >= 15 is 0 Å². The molecule has 0 saturated heterocycles. The Labute approximate surface area is 129 Å². The summed E-state index contributed by atoms with van der Waals surface area (Å²) in [5, 5.41) is 0. The first-order valence-electron chi connectivity index (χ1n) is 6.19. The van der Waals surface area contributed by atoms with Gasteiger partial charge in [-0.15, -0.1) is 0 Å². The van der Waals surface area contributed by atoms with E-state index in [0.717, 1.165) is 10.0 Å². The number of nitrogens with zero attached hydrogens (tertiary/aromatic N) is 1. The maximum atomic E-state index is 12.5. The van der Waals surface area contributed by atoms with Gasteiger partial charge in [0.25, 0.3) is 0 Å². The van der Waals surface area contributed by atoms with E-state index in [1.807, 2.05) is 6.07 Å². The maximum absolute atomic E-state index is 12.5. The van der Waals surface area contributed by atoms with Crippen molar-refractivity contribution in [2.45, 2.75) is 19.1 Å². The molecule has 1 aromatic carbocycles. The lowest BCUT2D eigenvalue weighted by atomic mass is 9.99. The Kier molecular flexibility index (Phi) is 5.60. The van der Waals surface area contributed by atoms with E-state index in [0.29, 0.717) is 12.0 Å². The van der Waals surface area contributed by atoms with Gasteiger partial charge in [-0.05, 0) is 40.0 Å². The summed E-state index contributed by atoms with van der Waals surface area (Å²) in [5.41, 5.74) is 4.12. The summed E-state index contributed by atoms with van der Waals surface area (Å²) in [5.74, 6) is 5.67. The monoisotopic (exact) mass is 357 g/mol. The maximum Gasteiger partial charge on any atom is 0.387 e. The van der Waals surface area contributed by atoms with Gasteiger partial charge in [0, 0.05) is 22.4 Å². The van der Waals surface area contributed by atoms with Crippen LogP contribution < -0.4 is 16.0 Å². The highest BCUT2D eigenvalue weighted by molar-refractivity contribution is 9.10. The van der Waals surface area contributed by atoms with E-state index in [4.69, 9.17) is 5.84 Å². The Morgan fingerprint density at radius 1 is 1.29 bits per heavy atom. The topological polar surface area (TPSA) is 60.2 Å². The first-order chi connectivity index (χ1) is 10.1. The average Bonchev–Trinajstić information content (AvgIpc) is 2.45. The summed E-state index contributed by atoms with van der Waals surface area (Å²) >= 11 is 3.34. The van der Waals surface area contributed by atoms with Crippen molar-refractivity contribution in [3.8, 4) is 5.75 Å². The summed E-state index contributed by atoms with van der Waals surface area (Å²) in [6.07, 6.45) is 3.86. The van der Waals surface area contributed by atoms with Crippen molar-refractivity contribution in [1.29, 1.82) is 0 Å². The minimum absolute atomic E-state index is 0.110. The molecule has 2 aromatic rings. The minimum atomic E-state index is -2.88. The third-order valence-electron chi connectivity index (χ3n) is 2.91. The van der Waals surface area contributed by atoms with Gasteiger partial charge in [0.15, 0.2) is 0 Å². The number of nitrogens with one attached hydrogen (secondary N) is 1. The second-order valence-corrected chi connectivity index (χ2v) is 5.27. The van der Waals surface area contributed by atoms with Crippen LogP contribution in [0.3, 0.4) is 0 Å². The third-order valence-corrected chi connectivity index (χ3v) is 3.35. The first-order valence-corrected chi connectivity index (χ1v) is 6.98.